The van der Waals surface area contributed by atoms with Gasteiger partial charge in [-0.3, -0.25) is 9.59 Å². The van der Waals surface area contributed by atoms with Crippen LogP contribution in [0.15, 0.2) is 24.3 Å². The lowest BCUT2D eigenvalue weighted by atomic mass is 9.91. The van der Waals surface area contributed by atoms with Gasteiger partial charge >= 0.3 is 0 Å². The van der Waals surface area contributed by atoms with Gasteiger partial charge in [0.25, 0.3) is 5.91 Å². The zero-order chi connectivity index (χ0) is 13.8. The molecule has 1 aromatic carbocycles. The third-order valence-electron chi connectivity index (χ3n) is 3.64. The van der Waals surface area contributed by atoms with E-state index < -0.39 is 0 Å². The molecule has 3 N–H and O–H groups in total. The highest BCUT2D eigenvalue weighted by molar-refractivity contribution is 5.99. The number of carbonyl (C=O) groups is 2. The molecule has 0 aromatic heterocycles. The normalized spacial score (nSPS) is 22.8. The molecular formula is C15H20N2O2. The molecule has 0 spiro atoms. The van der Waals surface area contributed by atoms with Gasteiger partial charge in [-0.15, -0.1) is 0 Å². The number of benzene rings is 1. The summed E-state index contributed by atoms with van der Waals surface area (Å²) >= 11 is 0. The van der Waals surface area contributed by atoms with Gasteiger partial charge in [-0.1, -0.05) is 12.1 Å². The van der Waals surface area contributed by atoms with Gasteiger partial charge < -0.3 is 11.1 Å². The van der Waals surface area contributed by atoms with Gasteiger partial charge in [-0.05, 0) is 44.7 Å². The fraction of sp³-hybridized carbons (Fsp3) is 0.467. The van der Waals surface area contributed by atoms with E-state index in [0.717, 1.165) is 25.7 Å². The molecular weight excluding hydrogens is 240 g/mol. The first-order valence-electron chi connectivity index (χ1n) is 6.73. The number of amides is 1. The lowest BCUT2D eigenvalue weighted by molar-refractivity contribution is 0.0926. The van der Waals surface area contributed by atoms with E-state index in [9.17, 15) is 9.59 Å². The Bertz CT molecular complexity index is 477. The Hall–Kier alpha value is -1.68. The fourth-order valence-corrected chi connectivity index (χ4v) is 2.41. The lowest BCUT2D eigenvalue weighted by Gasteiger charge is -2.26. The summed E-state index contributed by atoms with van der Waals surface area (Å²) in [7, 11) is 0. The van der Waals surface area contributed by atoms with Gasteiger partial charge in [0.1, 0.15) is 0 Å². The van der Waals surface area contributed by atoms with E-state index in [1.807, 2.05) is 0 Å². The van der Waals surface area contributed by atoms with E-state index in [1.165, 1.54) is 6.92 Å². The Kier molecular flexibility index (Phi) is 4.32. The highest BCUT2D eigenvalue weighted by Gasteiger charge is 2.20. The first-order valence-corrected chi connectivity index (χ1v) is 6.73. The summed E-state index contributed by atoms with van der Waals surface area (Å²) in [4.78, 5) is 23.4. The number of nitrogens with one attached hydrogen (secondary N) is 1. The number of ketones is 1. The van der Waals surface area contributed by atoms with Crippen molar-refractivity contribution in [1.82, 2.24) is 5.32 Å². The molecule has 4 heteroatoms. The van der Waals surface area contributed by atoms with Crippen LogP contribution in [0, 0.1) is 0 Å². The smallest absolute Gasteiger partial charge is 0.251 e. The quantitative estimate of drug-likeness (QED) is 0.815. The van der Waals surface area contributed by atoms with Crippen molar-refractivity contribution in [2.45, 2.75) is 44.7 Å². The SMILES string of the molecule is CC(=O)c1cccc(C(=O)NC2CCC(N)CC2)c1. The molecule has 0 bridgehead atoms. The maximum Gasteiger partial charge on any atom is 0.251 e. The predicted octanol–water partition coefficient (Wildman–Crippen LogP) is 1.89. The van der Waals surface area contributed by atoms with Crippen LogP contribution in [-0.4, -0.2) is 23.8 Å². The van der Waals surface area contributed by atoms with Gasteiger partial charge in [0, 0.05) is 23.2 Å². The molecule has 102 valence electrons. The Morgan fingerprint density at radius 1 is 1.16 bits per heavy atom. The van der Waals surface area contributed by atoms with E-state index in [4.69, 9.17) is 5.73 Å². The van der Waals surface area contributed by atoms with Crippen LogP contribution < -0.4 is 11.1 Å². The van der Waals surface area contributed by atoms with Gasteiger partial charge in [-0.2, -0.15) is 0 Å². The molecule has 0 radical (unpaired) electrons. The summed E-state index contributed by atoms with van der Waals surface area (Å²) in [5, 5.41) is 3.02. The fourth-order valence-electron chi connectivity index (χ4n) is 2.41. The summed E-state index contributed by atoms with van der Waals surface area (Å²) in [5.74, 6) is -0.137. The first-order chi connectivity index (χ1) is 9.06. The van der Waals surface area contributed by atoms with Crippen molar-refractivity contribution >= 4 is 11.7 Å². The number of Topliss-reactive ketones (excluding diaryl/α,β-unsaturated/α-hetero) is 1. The second-order valence-corrected chi connectivity index (χ2v) is 5.22. The zero-order valence-electron chi connectivity index (χ0n) is 11.2. The Morgan fingerprint density at radius 2 is 1.79 bits per heavy atom. The summed E-state index contributed by atoms with van der Waals surface area (Å²) in [6.07, 6.45) is 3.77. The Balaban J connectivity index is 2.00. The van der Waals surface area contributed by atoms with Crippen molar-refractivity contribution in [2.24, 2.45) is 5.73 Å². The van der Waals surface area contributed by atoms with Gasteiger partial charge in [0.2, 0.25) is 0 Å². The largest absolute Gasteiger partial charge is 0.349 e. The van der Waals surface area contributed by atoms with Crippen LogP contribution in [-0.2, 0) is 0 Å². The third-order valence-corrected chi connectivity index (χ3v) is 3.64. The van der Waals surface area contributed by atoms with Crippen molar-refractivity contribution < 1.29 is 9.59 Å². The van der Waals surface area contributed by atoms with Crippen LogP contribution in [0.25, 0.3) is 0 Å². The molecule has 0 saturated heterocycles. The van der Waals surface area contributed by atoms with E-state index in [1.54, 1.807) is 24.3 Å². The Labute approximate surface area is 113 Å². The van der Waals surface area contributed by atoms with E-state index >= 15 is 0 Å². The Morgan fingerprint density at radius 3 is 2.42 bits per heavy atom. The van der Waals surface area contributed by atoms with E-state index in [0.29, 0.717) is 11.1 Å². The average molecular weight is 260 g/mol. The molecule has 1 aromatic rings. The number of nitrogens with two attached hydrogens (primary N) is 1. The molecule has 4 nitrogen and oxygen atoms in total. The molecule has 19 heavy (non-hydrogen) atoms. The van der Waals surface area contributed by atoms with E-state index in [-0.39, 0.29) is 23.8 Å². The molecule has 2 rings (SSSR count). The summed E-state index contributed by atoms with van der Waals surface area (Å²) in [6.45, 7) is 1.50. The maximum absolute atomic E-state index is 12.1. The highest BCUT2D eigenvalue weighted by atomic mass is 16.1. The minimum Gasteiger partial charge on any atom is -0.349 e. The highest BCUT2D eigenvalue weighted by Crippen LogP contribution is 2.17. The number of rotatable bonds is 3. The minimum absolute atomic E-state index is 0.0294. The predicted molar refractivity (Wildman–Crippen MR) is 74.1 cm³/mol. The van der Waals surface area contributed by atoms with Crippen LogP contribution in [0.2, 0.25) is 0 Å². The van der Waals surface area contributed by atoms with Crippen LogP contribution in [0.4, 0.5) is 0 Å². The standard InChI is InChI=1S/C15H20N2O2/c1-10(18)11-3-2-4-12(9-11)15(19)17-14-7-5-13(16)6-8-14/h2-4,9,13-14H,5-8,16H2,1H3,(H,17,19). The molecule has 0 heterocycles. The molecule has 1 saturated carbocycles. The maximum atomic E-state index is 12.1. The van der Waals surface area contributed by atoms with E-state index in [2.05, 4.69) is 5.32 Å². The third kappa shape index (κ3) is 3.64. The summed E-state index contributed by atoms with van der Waals surface area (Å²) in [6, 6.07) is 7.31. The number of carbonyl (C=O) groups excluding carboxylic acids is 2. The lowest BCUT2D eigenvalue weighted by Crippen LogP contribution is -2.40. The molecule has 1 aliphatic carbocycles. The monoisotopic (exact) mass is 260 g/mol. The summed E-state index contributed by atoms with van der Waals surface area (Å²) < 4.78 is 0. The molecule has 0 unspecified atom stereocenters. The first kappa shape index (κ1) is 13.7. The molecule has 0 aliphatic heterocycles. The van der Waals surface area contributed by atoms with Crippen LogP contribution in [0.1, 0.15) is 53.3 Å². The number of hydrogen-bond donors (Lipinski definition) is 2. The molecule has 1 aliphatic rings. The second kappa shape index (κ2) is 5.97. The average Bonchev–Trinajstić information content (AvgIpc) is 2.41. The second-order valence-electron chi connectivity index (χ2n) is 5.22. The van der Waals surface area contributed by atoms with Crippen LogP contribution >= 0.6 is 0 Å². The van der Waals surface area contributed by atoms with Crippen molar-refractivity contribution in [3.63, 3.8) is 0 Å². The van der Waals surface area contributed by atoms with Crippen molar-refractivity contribution in [3.8, 4) is 0 Å². The summed E-state index contributed by atoms with van der Waals surface area (Å²) in [5.41, 5.74) is 6.95. The van der Waals surface area contributed by atoms with Gasteiger partial charge in [-0.25, -0.2) is 0 Å². The van der Waals surface area contributed by atoms with Gasteiger partial charge in [0.15, 0.2) is 5.78 Å². The molecule has 1 fully saturated rings. The minimum atomic E-state index is -0.108. The van der Waals surface area contributed by atoms with Gasteiger partial charge in [0.05, 0.1) is 0 Å². The zero-order valence-corrected chi connectivity index (χ0v) is 11.2. The van der Waals surface area contributed by atoms with Crippen LogP contribution in [0.5, 0.6) is 0 Å². The van der Waals surface area contributed by atoms with Crippen molar-refractivity contribution in [1.29, 1.82) is 0 Å². The number of hydrogen-bond acceptors (Lipinski definition) is 3. The topological polar surface area (TPSA) is 72.2 Å². The molecule has 1 amide bonds. The van der Waals surface area contributed by atoms with Crippen molar-refractivity contribution in [2.75, 3.05) is 0 Å². The molecule has 0 atom stereocenters. The van der Waals surface area contributed by atoms with Crippen LogP contribution in [0.3, 0.4) is 0 Å². The van der Waals surface area contributed by atoms with Crippen molar-refractivity contribution in [3.05, 3.63) is 35.4 Å².